The highest BCUT2D eigenvalue weighted by atomic mass is 16.2. The Bertz CT molecular complexity index is 1010. The van der Waals surface area contributed by atoms with E-state index in [0.717, 1.165) is 48.0 Å². The lowest BCUT2D eigenvalue weighted by molar-refractivity contribution is 0.0989. The number of piperidine rings is 1. The van der Waals surface area contributed by atoms with Crippen LogP contribution in [0.5, 0.6) is 0 Å². The van der Waals surface area contributed by atoms with E-state index in [-0.39, 0.29) is 12.1 Å². The van der Waals surface area contributed by atoms with Crippen molar-refractivity contribution in [3.8, 4) is 0 Å². The molecule has 3 aromatic rings. The average Bonchev–Trinajstić information content (AvgIpc) is 2.84. The summed E-state index contributed by atoms with van der Waals surface area (Å²) in [5.74, 6) is 0. The van der Waals surface area contributed by atoms with Gasteiger partial charge in [-0.1, -0.05) is 55.8 Å². The van der Waals surface area contributed by atoms with Gasteiger partial charge in [0.15, 0.2) is 0 Å². The van der Waals surface area contributed by atoms with E-state index < -0.39 is 0 Å². The van der Waals surface area contributed by atoms with Gasteiger partial charge in [-0.05, 0) is 43.9 Å². The number of hydrogen-bond acceptors (Lipinski definition) is 3. The number of fused-ring (bicyclic) bond motifs is 1. The Labute approximate surface area is 191 Å². The molecule has 0 bridgehead atoms. The van der Waals surface area contributed by atoms with E-state index in [9.17, 15) is 4.79 Å². The van der Waals surface area contributed by atoms with Crippen molar-refractivity contribution >= 4 is 22.5 Å². The van der Waals surface area contributed by atoms with Gasteiger partial charge in [0.05, 0.1) is 5.69 Å². The number of benzene rings is 2. The van der Waals surface area contributed by atoms with Gasteiger partial charge in [-0.25, -0.2) is 4.79 Å². The molecule has 0 aliphatic carbocycles. The number of rotatable bonds is 7. The monoisotopic (exact) mass is 430 g/mol. The van der Waals surface area contributed by atoms with Crippen LogP contribution in [-0.2, 0) is 6.54 Å². The molecule has 0 saturated carbocycles. The molecule has 1 N–H and O–H groups in total. The van der Waals surface area contributed by atoms with Crippen LogP contribution in [0.3, 0.4) is 0 Å². The molecule has 4 rings (SSSR count). The van der Waals surface area contributed by atoms with Crippen molar-refractivity contribution in [1.82, 2.24) is 14.8 Å². The summed E-state index contributed by atoms with van der Waals surface area (Å²) in [7, 11) is 0. The standard InChI is InChI=1S/C27H34N4O/c1-3-8-21(2)30-17-14-24(15-18-30)31(20-22-9-5-4-6-10-22)27(32)29-26-12-7-11-23-19-28-16-13-25(23)26/h4-7,9-13,16,19,21,24H,3,8,14-15,17-18,20H2,1-2H3,(H,29,32). The maximum Gasteiger partial charge on any atom is 0.322 e. The zero-order valence-corrected chi connectivity index (χ0v) is 19.2. The Balaban J connectivity index is 1.52. The fourth-order valence-electron chi connectivity index (χ4n) is 4.80. The summed E-state index contributed by atoms with van der Waals surface area (Å²) < 4.78 is 0. The maximum atomic E-state index is 13.6. The Hall–Kier alpha value is -2.92. The van der Waals surface area contributed by atoms with Crippen molar-refractivity contribution < 1.29 is 4.79 Å². The van der Waals surface area contributed by atoms with Crippen molar-refractivity contribution in [2.75, 3.05) is 18.4 Å². The Kier molecular flexibility index (Phi) is 7.38. The van der Waals surface area contributed by atoms with Crippen molar-refractivity contribution in [3.63, 3.8) is 0 Å². The lowest BCUT2D eigenvalue weighted by Gasteiger charge is -2.40. The largest absolute Gasteiger partial charge is 0.322 e. The Morgan fingerprint density at radius 1 is 1.12 bits per heavy atom. The molecule has 1 aliphatic rings. The quantitative estimate of drug-likeness (QED) is 0.506. The molecule has 0 radical (unpaired) electrons. The Morgan fingerprint density at radius 3 is 2.66 bits per heavy atom. The van der Waals surface area contributed by atoms with E-state index in [0.29, 0.717) is 12.6 Å². The number of likely N-dealkylation sites (tertiary alicyclic amines) is 1. The highest BCUT2D eigenvalue weighted by Crippen LogP contribution is 2.26. The number of nitrogens with zero attached hydrogens (tertiary/aromatic N) is 3. The molecule has 1 unspecified atom stereocenters. The number of aromatic nitrogens is 1. The molecule has 1 fully saturated rings. The van der Waals surface area contributed by atoms with E-state index >= 15 is 0 Å². The summed E-state index contributed by atoms with van der Waals surface area (Å²) in [4.78, 5) is 22.4. The number of carbonyl (C=O) groups is 1. The predicted octanol–water partition coefficient (Wildman–Crippen LogP) is 5.92. The van der Waals surface area contributed by atoms with Crippen LogP contribution < -0.4 is 5.32 Å². The molecule has 5 heteroatoms. The van der Waals surface area contributed by atoms with Crippen LogP contribution in [0.1, 0.15) is 45.1 Å². The highest BCUT2D eigenvalue weighted by molar-refractivity contribution is 6.01. The van der Waals surface area contributed by atoms with Gasteiger partial charge < -0.3 is 15.1 Å². The van der Waals surface area contributed by atoms with Crippen molar-refractivity contribution in [2.24, 2.45) is 0 Å². The zero-order valence-electron chi connectivity index (χ0n) is 19.2. The average molecular weight is 431 g/mol. The third-order valence-electron chi connectivity index (χ3n) is 6.65. The Morgan fingerprint density at radius 2 is 1.91 bits per heavy atom. The second-order valence-corrected chi connectivity index (χ2v) is 8.85. The van der Waals surface area contributed by atoms with Gasteiger partial charge in [-0.2, -0.15) is 0 Å². The normalized spacial score (nSPS) is 16.1. The summed E-state index contributed by atoms with van der Waals surface area (Å²) in [6.45, 7) is 7.29. The molecule has 5 nitrogen and oxygen atoms in total. The van der Waals surface area contributed by atoms with E-state index in [1.54, 1.807) is 6.20 Å². The fraction of sp³-hybridized carbons (Fsp3) is 0.407. The van der Waals surface area contributed by atoms with E-state index in [1.165, 1.54) is 12.8 Å². The number of urea groups is 1. The molecule has 1 aromatic heterocycles. The summed E-state index contributed by atoms with van der Waals surface area (Å²) in [6.07, 6.45) is 8.06. The van der Waals surface area contributed by atoms with Gasteiger partial charge in [0.2, 0.25) is 0 Å². The lowest BCUT2D eigenvalue weighted by Crippen LogP contribution is -2.50. The first kappa shape index (κ1) is 22.3. The number of pyridine rings is 1. The third kappa shape index (κ3) is 5.28. The predicted molar refractivity (Wildman–Crippen MR) is 132 cm³/mol. The molecule has 0 spiro atoms. The van der Waals surface area contributed by atoms with Crippen molar-refractivity contribution in [3.05, 3.63) is 72.6 Å². The van der Waals surface area contributed by atoms with Crippen LogP contribution in [0.4, 0.5) is 10.5 Å². The van der Waals surface area contributed by atoms with Gasteiger partial charge in [0, 0.05) is 54.9 Å². The van der Waals surface area contributed by atoms with Crippen LogP contribution in [0.15, 0.2) is 67.0 Å². The second-order valence-electron chi connectivity index (χ2n) is 8.85. The maximum absolute atomic E-state index is 13.6. The van der Waals surface area contributed by atoms with Gasteiger partial charge >= 0.3 is 6.03 Å². The molecule has 1 atom stereocenters. The van der Waals surface area contributed by atoms with Crippen LogP contribution in [0.2, 0.25) is 0 Å². The molecule has 2 heterocycles. The number of anilines is 1. The summed E-state index contributed by atoms with van der Waals surface area (Å²) in [6, 6.07) is 19.0. The molecule has 2 aromatic carbocycles. The first-order valence-electron chi connectivity index (χ1n) is 11.8. The molecule has 1 aliphatic heterocycles. The fourth-order valence-corrected chi connectivity index (χ4v) is 4.80. The van der Waals surface area contributed by atoms with E-state index in [1.807, 2.05) is 53.6 Å². The summed E-state index contributed by atoms with van der Waals surface area (Å²) in [5.41, 5.74) is 1.99. The molecular weight excluding hydrogens is 396 g/mol. The topological polar surface area (TPSA) is 48.5 Å². The van der Waals surface area contributed by atoms with E-state index in [2.05, 4.69) is 41.2 Å². The minimum absolute atomic E-state index is 0.0294. The molecular formula is C27H34N4O. The summed E-state index contributed by atoms with van der Waals surface area (Å²) in [5, 5.41) is 5.24. The van der Waals surface area contributed by atoms with Crippen LogP contribution >= 0.6 is 0 Å². The van der Waals surface area contributed by atoms with Gasteiger partial charge in [-0.3, -0.25) is 4.98 Å². The molecule has 168 valence electrons. The summed E-state index contributed by atoms with van der Waals surface area (Å²) >= 11 is 0. The number of amides is 2. The van der Waals surface area contributed by atoms with Gasteiger partial charge in [0.1, 0.15) is 0 Å². The highest BCUT2D eigenvalue weighted by Gasteiger charge is 2.29. The van der Waals surface area contributed by atoms with Gasteiger partial charge in [0.25, 0.3) is 0 Å². The first-order chi connectivity index (χ1) is 15.7. The SMILES string of the molecule is CCCC(C)N1CCC(N(Cc2ccccc2)C(=O)Nc2cccc3cnccc23)CC1. The number of hydrogen-bond donors (Lipinski definition) is 1. The molecule has 2 amide bonds. The smallest absolute Gasteiger partial charge is 0.317 e. The number of carbonyl (C=O) groups excluding carboxylic acids is 1. The van der Waals surface area contributed by atoms with E-state index in [4.69, 9.17) is 0 Å². The molecule has 32 heavy (non-hydrogen) atoms. The second kappa shape index (κ2) is 10.6. The number of nitrogens with one attached hydrogen (secondary N) is 1. The van der Waals surface area contributed by atoms with Crippen LogP contribution in [0.25, 0.3) is 10.8 Å². The first-order valence-corrected chi connectivity index (χ1v) is 11.8. The minimum atomic E-state index is -0.0294. The van der Waals surface area contributed by atoms with Crippen molar-refractivity contribution in [1.29, 1.82) is 0 Å². The van der Waals surface area contributed by atoms with Gasteiger partial charge in [-0.15, -0.1) is 0 Å². The molecule has 1 saturated heterocycles. The third-order valence-corrected chi connectivity index (χ3v) is 6.65. The lowest BCUT2D eigenvalue weighted by atomic mass is 10.00. The van der Waals surface area contributed by atoms with Crippen LogP contribution in [0, 0.1) is 0 Å². The zero-order chi connectivity index (χ0) is 22.3. The minimum Gasteiger partial charge on any atom is -0.317 e. The van der Waals surface area contributed by atoms with Crippen molar-refractivity contribution in [2.45, 2.75) is 58.2 Å². The van der Waals surface area contributed by atoms with Crippen LogP contribution in [-0.4, -0.2) is 46.0 Å².